The number of nitrogens with zero attached hydrogens (tertiary/aromatic N) is 2. The van der Waals surface area contributed by atoms with Crippen LogP contribution in [-0.4, -0.2) is 87.3 Å². The van der Waals surface area contributed by atoms with E-state index in [1.54, 1.807) is 0 Å². The van der Waals surface area contributed by atoms with Crippen LogP contribution < -0.4 is 0 Å². The van der Waals surface area contributed by atoms with Gasteiger partial charge in [-0.1, -0.05) is 466 Å². The van der Waals surface area contributed by atoms with Gasteiger partial charge in [0, 0.05) is 0 Å². The maximum atomic E-state index is 9.37. The van der Waals surface area contributed by atoms with Crippen molar-refractivity contribution in [3.63, 3.8) is 0 Å². The number of quaternary nitrogens is 2. The van der Waals surface area contributed by atoms with Crippen LogP contribution in [0.25, 0.3) is 0 Å². The lowest BCUT2D eigenvalue weighted by atomic mass is 10.0. The van der Waals surface area contributed by atoms with Crippen LogP contribution >= 0.6 is 0 Å². The van der Waals surface area contributed by atoms with Crippen LogP contribution in [0.1, 0.15) is 569 Å². The molecule has 0 aliphatic rings. The summed E-state index contributed by atoms with van der Waals surface area (Å²) in [7, 11) is -10.6. The van der Waals surface area contributed by atoms with Gasteiger partial charge in [-0.05, 0) is 103 Å². The molecule has 0 N–H and O–H groups in total. The SMILES string of the molecule is CCCCCCCCCCCC[N+](CCCCCCCCCCCC)(CCCCCCCCCCCC)CCCCCCCCCCCC.CCCCCCCCCCCC[N+](CCCCCCCCCCCC)(CCCCCCCCCCCC)CCCCCCCCCCCC.O=S(=O)([O-])OOS(=O)(=O)[O-]. The highest BCUT2D eigenvalue weighted by molar-refractivity contribution is 7.83. The van der Waals surface area contributed by atoms with Gasteiger partial charge in [-0.3, -0.25) is 0 Å². The van der Waals surface area contributed by atoms with Gasteiger partial charge in [0.1, 0.15) is 0 Å². The number of unbranched alkanes of at least 4 members (excludes halogenated alkanes) is 72. The molecule has 0 aromatic carbocycles. The van der Waals surface area contributed by atoms with E-state index in [-0.39, 0.29) is 0 Å². The van der Waals surface area contributed by atoms with Gasteiger partial charge < -0.3 is 18.1 Å². The third-order valence-corrected chi connectivity index (χ3v) is 24.6. The molecular weight excluding hydrogens is 1370 g/mol. The monoisotopic (exact) mass is 1570 g/mol. The second-order valence-corrected chi connectivity index (χ2v) is 36.8. The van der Waals surface area contributed by atoms with Gasteiger partial charge in [-0.25, -0.2) is 16.8 Å². The van der Waals surface area contributed by atoms with E-state index < -0.39 is 20.8 Å². The number of hydrogen-bond donors (Lipinski definition) is 0. The molecule has 0 spiro atoms. The second-order valence-electron chi connectivity index (χ2n) is 34.9. The molecule has 0 radical (unpaired) electrons. The molecule has 0 rings (SSSR count). The smallest absolute Gasteiger partial charge is 0.246 e. The minimum Gasteiger partial charge on any atom is -0.724 e. The van der Waals surface area contributed by atoms with Crippen LogP contribution in [0.5, 0.6) is 0 Å². The molecule has 108 heavy (non-hydrogen) atoms. The lowest BCUT2D eigenvalue weighted by molar-refractivity contribution is -0.929. The fraction of sp³-hybridized carbons (Fsp3) is 1.00. The summed E-state index contributed by atoms with van der Waals surface area (Å²) >= 11 is 0. The van der Waals surface area contributed by atoms with E-state index in [0.29, 0.717) is 0 Å². The highest BCUT2D eigenvalue weighted by Gasteiger charge is 2.27. The Bertz CT molecular complexity index is 1540. The predicted molar refractivity (Wildman–Crippen MR) is 476 cm³/mol. The number of rotatable bonds is 91. The molecule has 0 saturated heterocycles. The zero-order valence-electron chi connectivity index (χ0n) is 75.2. The molecule has 0 fully saturated rings. The van der Waals surface area contributed by atoms with Crippen molar-refractivity contribution in [2.24, 2.45) is 0 Å². The Hall–Kier alpha value is -0.340. The fourth-order valence-electron chi connectivity index (χ4n) is 16.9. The summed E-state index contributed by atoms with van der Waals surface area (Å²) in [5, 5.41) is 0. The van der Waals surface area contributed by atoms with Crippen LogP contribution in [-0.2, 0) is 29.5 Å². The summed E-state index contributed by atoms with van der Waals surface area (Å²) in [4.78, 5) is 0. The first kappa shape index (κ1) is 112. The quantitative estimate of drug-likeness (QED) is 0.0147. The Morgan fingerprint density at radius 3 is 0.296 bits per heavy atom. The van der Waals surface area contributed by atoms with E-state index in [0.717, 1.165) is 0 Å². The van der Waals surface area contributed by atoms with Crippen LogP contribution in [0, 0.1) is 0 Å². The molecule has 12 heteroatoms. The molecule has 0 aliphatic carbocycles. The molecule has 0 amide bonds. The summed E-state index contributed by atoms with van der Waals surface area (Å²) in [5.74, 6) is 0. The van der Waals surface area contributed by atoms with Crippen molar-refractivity contribution in [1.29, 1.82) is 0 Å². The normalized spacial score (nSPS) is 12.1. The number of hydrogen-bond acceptors (Lipinski definition) is 8. The summed E-state index contributed by atoms with van der Waals surface area (Å²) in [5.41, 5.74) is 0. The average Bonchev–Trinajstić information content (AvgIpc) is 0.883. The summed E-state index contributed by atoms with van der Waals surface area (Å²) in [6, 6.07) is 0. The molecule has 0 aliphatic heterocycles. The lowest BCUT2D eigenvalue weighted by Gasteiger charge is -2.40. The average molecular weight is 1570 g/mol. The Morgan fingerprint density at radius 2 is 0.222 bits per heavy atom. The molecule has 0 aromatic rings. The minimum atomic E-state index is -5.31. The molecule has 0 atom stereocenters. The largest absolute Gasteiger partial charge is 0.724 e. The molecule has 0 saturated carbocycles. The summed E-state index contributed by atoms with van der Waals surface area (Å²) < 4.78 is 64.4. The van der Waals surface area contributed by atoms with E-state index in [1.165, 1.54) is 575 Å². The Morgan fingerprint density at radius 1 is 0.148 bits per heavy atom. The van der Waals surface area contributed by atoms with Crippen molar-refractivity contribution in [3.8, 4) is 0 Å². The van der Waals surface area contributed by atoms with Crippen LogP contribution in [0.3, 0.4) is 0 Å². The van der Waals surface area contributed by atoms with Crippen molar-refractivity contribution in [1.82, 2.24) is 0 Å². The van der Waals surface area contributed by atoms with Gasteiger partial charge in [0.15, 0.2) is 0 Å². The minimum absolute atomic E-state index is 1.37. The van der Waals surface area contributed by atoms with Crippen molar-refractivity contribution in [2.75, 3.05) is 52.4 Å². The van der Waals surface area contributed by atoms with Gasteiger partial charge in [0.25, 0.3) is 0 Å². The predicted octanol–water partition coefficient (Wildman–Crippen LogP) is 32.8. The third-order valence-electron chi connectivity index (χ3n) is 24.1. The maximum Gasteiger partial charge on any atom is 0.246 e. The molecule has 0 bridgehead atoms. The molecule has 0 heterocycles. The van der Waals surface area contributed by atoms with Gasteiger partial charge in [-0.2, -0.15) is 0 Å². The van der Waals surface area contributed by atoms with Gasteiger partial charge >= 0.3 is 0 Å². The topological polar surface area (TPSA) is 133 Å². The first-order valence-corrected chi connectivity index (χ1v) is 52.4. The standard InChI is InChI=1S/2C48H100N.H2O8S2/c2*1-5-9-13-17-21-25-29-33-37-41-45-49(46-42-38-34-30-26-22-18-14-10-6-2,47-43-39-35-31-27-23-19-15-11-7-3)48-44-40-36-32-28-24-20-16-12-8-4;1-9(2,3)7-8-10(4,5)6/h2*5-48H2,1-4H3;(H,1,2,3)(H,4,5,6)/q2*+1;/p-2. The van der Waals surface area contributed by atoms with Crippen molar-refractivity contribution in [2.45, 2.75) is 569 Å². The maximum absolute atomic E-state index is 9.37. The Labute approximate surface area is 681 Å². The van der Waals surface area contributed by atoms with E-state index >= 15 is 0 Å². The molecule has 10 nitrogen and oxygen atoms in total. The Balaban J connectivity index is -0.00000180. The van der Waals surface area contributed by atoms with Gasteiger partial charge in [0.2, 0.25) is 20.8 Å². The van der Waals surface area contributed by atoms with Crippen molar-refractivity contribution in [3.05, 3.63) is 0 Å². The van der Waals surface area contributed by atoms with E-state index in [9.17, 15) is 25.9 Å². The second kappa shape index (κ2) is 92.2. The molecule has 0 aromatic heterocycles. The van der Waals surface area contributed by atoms with Crippen LogP contribution in [0.4, 0.5) is 0 Å². The zero-order valence-corrected chi connectivity index (χ0v) is 76.8. The van der Waals surface area contributed by atoms with Crippen LogP contribution in [0.2, 0.25) is 0 Å². The molecule has 0 unspecified atom stereocenters. The van der Waals surface area contributed by atoms with Crippen LogP contribution in [0.15, 0.2) is 0 Å². The van der Waals surface area contributed by atoms with Crippen molar-refractivity contribution >= 4 is 20.8 Å². The fourth-order valence-corrected chi connectivity index (χ4v) is 17.4. The lowest BCUT2D eigenvalue weighted by Crippen LogP contribution is -2.50. The first-order valence-electron chi connectivity index (χ1n) is 49.7. The highest BCUT2D eigenvalue weighted by Crippen LogP contribution is 2.26. The molecular formula is C96H200N2O8S2. The van der Waals surface area contributed by atoms with Gasteiger partial charge in [-0.15, -0.1) is 8.67 Å². The highest BCUT2D eigenvalue weighted by atomic mass is 32.3. The third kappa shape index (κ3) is 94.5. The van der Waals surface area contributed by atoms with E-state index in [1.807, 2.05) is 0 Å². The van der Waals surface area contributed by atoms with E-state index in [4.69, 9.17) is 0 Å². The first-order chi connectivity index (χ1) is 52.7. The zero-order chi connectivity index (χ0) is 79.6. The van der Waals surface area contributed by atoms with Crippen molar-refractivity contribution < 1.29 is 43.6 Å². The Kier molecular flexibility index (Phi) is 95.4. The molecule has 654 valence electrons. The van der Waals surface area contributed by atoms with Gasteiger partial charge in [0.05, 0.1) is 52.4 Å². The van der Waals surface area contributed by atoms with E-state index in [2.05, 4.69) is 64.1 Å². The summed E-state index contributed by atoms with van der Waals surface area (Å²) in [6.45, 7) is 30.6. The summed E-state index contributed by atoms with van der Waals surface area (Å²) in [6.07, 6.45) is 117.